The molecule has 0 aliphatic heterocycles. The van der Waals surface area contributed by atoms with Gasteiger partial charge in [-0.3, -0.25) is 0 Å². The third kappa shape index (κ3) is 3.05. The van der Waals surface area contributed by atoms with E-state index in [0.717, 1.165) is 16.9 Å². The number of anilines is 2. The molecule has 0 aliphatic rings. The van der Waals surface area contributed by atoms with Crippen molar-refractivity contribution in [2.45, 2.75) is 6.42 Å². The lowest BCUT2D eigenvalue weighted by atomic mass is 10.1. The Morgan fingerprint density at radius 2 is 1.47 bits per heavy atom. The molecule has 84 valence electrons. The van der Waals surface area contributed by atoms with E-state index >= 15 is 0 Å². The normalized spacial score (nSPS) is 9.65. The van der Waals surface area contributed by atoms with Crippen LogP contribution in [0.2, 0.25) is 0 Å². The van der Waals surface area contributed by atoms with Crippen LogP contribution in [0.25, 0.3) is 0 Å². The zero-order valence-corrected chi connectivity index (χ0v) is 9.15. The Kier molecular flexibility index (Phi) is 3.37. The number of rotatable bonds is 3. The van der Waals surface area contributed by atoms with Crippen LogP contribution in [0.3, 0.4) is 0 Å². The molecule has 17 heavy (non-hydrogen) atoms. The summed E-state index contributed by atoms with van der Waals surface area (Å²) in [6, 6.07) is 15.9. The van der Waals surface area contributed by atoms with Gasteiger partial charge < -0.3 is 5.32 Å². The average molecular weight is 226 g/mol. The molecule has 0 saturated carbocycles. The molecule has 2 aromatic carbocycles. The molecule has 2 aromatic rings. The zero-order chi connectivity index (χ0) is 12.1. The molecule has 0 unspecified atom stereocenters. The summed E-state index contributed by atoms with van der Waals surface area (Å²) in [6.45, 7) is 0. The van der Waals surface area contributed by atoms with E-state index in [9.17, 15) is 4.39 Å². The Hall–Kier alpha value is -2.34. The number of halogens is 1. The van der Waals surface area contributed by atoms with Crippen molar-refractivity contribution in [3.8, 4) is 6.07 Å². The number of nitrogens with one attached hydrogen (secondary N) is 1. The van der Waals surface area contributed by atoms with Gasteiger partial charge in [-0.25, -0.2) is 4.39 Å². The molecule has 3 heteroatoms. The molecule has 2 nitrogen and oxygen atoms in total. The minimum Gasteiger partial charge on any atom is -0.356 e. The van der Waals surface area contributed by atoms with E-state index in [1.165, 1.54) is 12.1 Å². The summed E-state index contributed by atoms with van der Waals surface area (Å²) in [5.41, 5.74) is 2.73. The Morgan fingerprint density at radius 3 is 2.00 bits per heavy atom. The van der Waals surface area contributed by atoms with Crippen molar-refractivity contribution in [1.82, 2.24) is 0 Å². The first kappa shape index (κ1) is 11.2. The van der Waals surface area contributed by atoms with Gasteiger partial charge in [-0.2, -0.15) is 5.26 Å². The van der Waals surface area contributed by atoms with Crippen LogP contribution in [0.15, 0.2) is 48.5 Å². The Morgan fingerprint density at radius 1 is 0.941 bits per heavy atom. The predicted molar refractivity (Wildman–Crippen MR) is 65.4 cm³/mol. The second-order valence-electron chi connectivity index (χ2n) is 3.66. The lowest BCUT2D eigenvalue weighted by Crippen LogP contribution is -1.90. The van der Waals surface area contributed by atoms with Gasteiger partial charge in [-0.05, 0) is 42.0 Å². The highest BCUT2D eigenvalue weighted by molar-refractivity contribution is 5.59. The molecule has 1 N–H and O–H groups in total. The molecule has 2 rings (SSSR count). The highest BCUT2D eigenvalue weighted by Gasteiger charge is 1.96. The minimum atomic E-state index is -0.250. The first-order valence-electron chi connectivity index (χ1n) is 5.26. The largest absolute Gasteiger partial charge is 0.356 e. The standard InChI is InChI=1S/C14H11FN2/c15-12-3-7-14(8-4-12)17-13-5-1-11(2-6-13)9-10-16/h1-8,17H,9H2. The van der Waals surface area contributed by atoms with Crippen molar-refractivity contribution in [3.63, 3.8) is 0 Å². The molecule has 0 fully saturated rings. The number of nitriles is 1. The van der Waals surface area contributed by atoms with Crippen LogP contribution < -0.4 is 5.32 Å². The highest BCUT2D eigenvalue weighted by atomic mass is 19.1. The molecule has 0 aromatic heterocycles. The van der Waals surface area contributed by atoms with Crippen molar-refractivity contribution in [3.05, 3.63) is 59.9 Å². The Bertz CT molecular complexity index is 524. The van der Waals surface area contributed by atoms with Crippen LogP contribution in [-0.2, 0) is 6.42 Å². The fourth-order valence-corrected chi connectivity index (χ4v) is 1.50. The van der Waals surface area contributed by atoms with Crippen LogP contribution in [0.4, 0.5) is 15.8 Å². The van der Waals surface area contributed by atoms with Gasteiger partial charge in [0.15, 0.2) is 0 Å². The summed E-state index contributed by atoms with van der Waals surface area (Å²) in [7, 11) is 0. The molecule has 0 radical (unpaired) electrons. The number of hydrogen-bond donors (Lipinski definition) is 1. The minimum absolute atomic E-state index is 0.250. The summed E-state index contributed by atoms with van der Waals surface area (Å²) >= 11 is 0. The first-order chi connectivity index (χ1) is 8.28. The van der Waals surface area contributed by atoms with E-state index in [-0.39, 0.29) is 5.82 Å². The monoisotopic (exact) mass is 226 g/mol. The van der Waals surface area contributed by atoms with Crippen LogP contribution >= 0.6 is 0 Å². The van der Waals surface area contributed by atoms with Gasteiger partial charge in [0.2, 0.25) is 0 Å². The SMILES string of the molecule is N#CCc1ccc(Nc2ccc(F)cc2)cc1. The average Bonchev–Trinajstić information content (AvgIpc) is 2.35. The van der Waals surface area contributed by atoms with Gasteiger partial charge >= 0.3 is 0 Å². The molecule has 0 bridgehead atoms. The van der Waals surface area contributed by atoms with Gasteiger partial charge in [-0.15, -0.1) is 0 Å². The Labute approximate surface area is 99.3 Å². The van der Waals surface area contributed by atoms with E-state index in [0.29, 0.717) is 6.42 Å². The molecule has 0 saturated heterocycles. The van der Waals surface area contributed by atoms with E-state index < -0.39 is 0 Å². The number of nitrogens with zero attached hydrogens (tertiary/aromatic N) is 1. The molecule has 0 spiro atoms. The van der Waals surface area contributed by atoms with Crippen molar-refractivity contribution in [2.75, 3.05) is 5.32 Å². The summed E-state index contributed by atoms with van der Waals surface area (Å²) in [6.07, 6.45) is 0.414. The molecule has 0 aliphatic carbocycles. The third-order valence-corrected chi connectivity index (χ3v) is 2.37. The van der Waals surface area contributed by atoms with E-state index in [2.05, 4.69) is 11.4 Å². The first-order valence-corrected chi connectivity index (χ1v) is 5.26. The van der Waals surface area contributed by atoms with Gasteiger partial charge in [-0.1, -0.05) is 12.1 Å². The van der Waals surface area contributed by atoms with Gasteiger partial charge in [0.25, 0.3) is 0 Å². The van der Waals surface area contributed by atoms with Gasteiger partial charge in [0.1, 0.15) is 5.82 Å². The fourth-order valence-electron chi connectivity index (χ4n) is 1.50. The maximum Gasteiger partial charge on any atom is 0.123 e. The van der Waals surface area contributed by atoms with Crippen LogP contribution in [-0.4, -0.2) is 0 Å². The molecular weight excluding hydrogens is 215 g/mol. The summed E-state index contributed by atoms with van der Waals surface area (Å²) in [4.78, 5) is 0. The van der Waals surface area contributed by atoms with Gasteiger partial charge in [0.05, 0.1) is 12.5 Å². The van der Waals surface area contributed by atoms with Crippen LogP contribution in [0.1, 0.15) is 5.56 Å². The lowest BCUT2D eigenvalue weighted by Gasteiger charge is -2.06. The van der Waals surface area contributed by atoms with Crippen molar-refractivity contribution in [1.29, 1.82) is 5.26 Å². The molecule has 0 amide bonds. The van der Waals surface area contributed by atoms with Crippen molar-refractivity contribution in [2.24, 2.45) is 0 Å². The van der Waals surface area contributed by atoms with Gasteiger partial charge in [0, 0.05) is 11.4 Å². The summed E-state index contributed by atoms with van der Waals surface area (Å²) in [5, 5.41) is 11.7. The fraction of sp³-hybridized carbons (Fsp3) is 0.0714. The maximum atomic E-state index is 12.7. The molecule has 0 heterocycles. The number of hydrogen-bond acceptors (Lipinski definition) is 2. The third-order valence-electron chi connectivity index (χ3n) is 2.37. The molecular formula is C14H11FN2. The van der Waals surface area contributed by atoms with Crippen molar-refractivity contribution >= 4 is 11.4 Å². The zero-order valence-electron chi connectivity index (χ0n) is 9.15. The highest BCUT2D eigenvalue weighted by Crippen LogP contribution is 2.17. The Balaban J connectivity index is 2.09. The van der Waals surface area contributed by atoms with E-state index in [1.807, 2.05) is 24.3 Å². The smallest absolute Gasteiger partial charge is 0.123 e. The second kappa shape index (κ2) is 5.13. The topological polar surface area (TPSA) is 35.8 Å². The van der Waals surface area contributed by atoms with E-state index in [4.69, 9.17) is 5.26 Å². The van der Waals surface area contributed by atoms with Crippen LogP contribution in [0, 0.1) is 17.1 Å². The second-order valence-corrected chi connectivity index (χ2v) is 3.66. The number of benzene rings is 2. The quantitative estimate of drug-likeness (QED) is 0.867. The van der Waals surface area contributed by atoms with E-state index in [1.54, 1.807) is 12.1 Å². The summed E-state index contributed by atoms with van der Waals surface area (Å²) in [5.74, 6) is -0.250. The summed E-state index contributed by atoms with van der Waals surface area (Å²) < 4.78 is 12.7. The maximum absolute atomic E-state index is 12.7. The van der Waals surface area contributed by atoms with Crippen molar-refractivity contribution < 1.29 is 4.39 Å². The predicted octanol–water partition coefficient (Wildman–Crippen LogP) is 3.64. The van der Waals surface area contributed by atoms with Crippen LogP contribution in [0.5, 0.6) is 0 Å². The lowest BCUT2D eigenvalue weighted by molar-refractivity contribution is 0.628. The molecule has 0 atom stereocenters.